The topological polar surface area (TPSA) is 25.3 Å². The highest BCUT2D eigenvalue weighted by molar-refractivity contribution is 5.86. The fourth-order valence-corrected chi connectivity index (χ4v) is 11.0. The zero-order valence-electron chi connectivity index (χ0n) is 48.6. The second-order valence-electron chi connectivity index (χ2n) is 22.2. The summed E-state index contributed by atoms with van der Waals surface area (Å²) in [6, 6.07) is 17.8. The van der Waals surface area contributed by atoms with Crippen molar-refractivity contribution >= 4 is 11.4 Å². The molecule has 0 unspecified atom stereocenters. The van der Waals surface area contributed by atoms with Gasteiger partial charge in [-0.25, -0.2) is 4.70 Å². The molecular formula is C71H114N2. The SMILES string of the molecule is CCCCCCCC=CCCc1ccccc1C1=C(C#CCCCCCCCCCCCCCCCCCCCCCCC)C(CCCCCCCC)=C(c2ccccc2CCC=CCCCCCCC)[N+]1=[N-]. The van der Waals surface area contributed by atoms with Gasteiger partial charge in [-0.1, -0.05) is 312 Å². The second-order valence-corrected chi connectivity index (χ2v) is 22.2. The highest BCUT2D eigenvalue weighted by Crippen LogP contribution is 2.44. The maximum absolute atomic E-state index is 12.8. The van der Waals surface area contributed by atoms with Crippen LogP contribution in [0.25, 0.3) is 16.9 Å². The third-order valence-corrected chi connectivity index (χ3v) is 15.6. The third-order valence-electron chi connectivity index (χ3n) is 15.6. The Morgan fingerprint density at radius 2 is 0.685 bits per heavy atom. The van der Waals surface area contributed by atoms with Crippen LogP contribution < -0.4 is 0 Å². The van der Waals surface area contributed by atoms with Crippen molar-refractivity contribution in [2.45, 2.75) is 317 Å². The predicted molar refractivity (Wildman–Crippen MR) is 325 cm³/mol. The highest BCUT2D eigenvalue weighted by Gasteiger charge is 2.36. The zero-order chi connectivity index (χ0) is 51.9. The molecule has 1 aliphatic rings. The average molecular weight is 996 g/mol. The van der Waals surface area contributed by atoms with Crippen LogP contribution in [0.1, 0.15) is 326 Å². The molecule has 2 heteroatoms. The molecule has 0 saturated heterocycles. The van der Waals surface area contributed by atoms with Crippen molar-refractivity contribution in [3.63, 3.8) is 0 Å². The molecule has 0 aliphatic carbocycles. The number of hydrogen-bond donors (Lipinski definition) is 0. The number of benzene rings is 2. The van der Waals surface area contributed by atoms with Crippen LogP contribution in [0.15, 0.2) is 84.0 Å². The summed E-state index contributed by atoms with van der Waals surface area (Å²) in [4.78, 5) is 0. The van der Waals surface area contributed by atoms with Crippen molar-refractivity contribution in [2.24, 2.45) is 0 Å². The first kappa shape index (κ1) is 63.8. The van der Waals surface area contributed by atoms with Gasteiger partial charge >= 0.3 is 0 Å². The normalized spacial score (nSPS) is 12.9. The van der Waals surface area contributed by atoms with Gasteiger partial charge in [-0.2, -0.15) is 0 Å². The van der Waals surface area contributed by atoms with E-state index in [4.69, 9.17) is 0 Å². The molecule has 0 spiro atoms. The Hall–Kier alpha value is -3.44. The highest BCUT2D eigenvalue weighted by atomic mass is 15.2. The lowest BCUT2D eigenvalue weighted by Gasteiger charge is -2.14. The summed E-state index contributed by atoms with van der Waals surface area (Å²) in [6.45, 7) is 9.19. The van der Waals surface area contributed by atoms with Crippen molar-refractivity contribution in [2.75, 3.05) is 0 Å². The van der Waals surface area contributed by atoms with E-state index in [9.17, 15) is 5.53 Å². The summed E-state index contributed by atoms with van der Waals surface area (Å²) in [6.07, 6.45) is 67.9. The Labute approximate surface area is 454 Å². The molecule has 1 heterocycles. The molecule has 0 radical (unpaired) electrons. The van der Waals surface area contributed by atoms with E-state index in [1.54, 1.807) is 4.70 Å². The van der Waals surface area contributed by atoms with Gasteiger partial charge in [0.05, 0.1) is 5.56 Å². The van der Waals surface area contributed by atoms with Crippen LogP contribution in [-0.2, 0) is 12.8 Å². The Balaban J connectivity index is 1.69. The van der Waals surface area contributed by atoms with Crippen molar-refractivity contribution in [3.05, 3.63) is 112 Å². The summed E-state index contributed by atoms with van der Waals surface area (Å²) >= 11 is 0. The monoisotopic (exact) mass is 995 g/mol. The maximum Gasteiger partial charge on any atom is 0.223 e. The van der Waals surface area contributed by atoms with Crippen LogP contribution in [0.4, 0.5) is 0 Å². The smallest absolute Gasteiger partial charge is 0.223 e. The molecule has 73 heavy (non-hydrogen) atoms. The van der Waals surface area contributed by atoms with E-state index in [0.717, 1.165) is 79.5 Å². The van der Waals surface area contributed by atoms with Gasteiger partial charge in [-0.15, -0.1) is 0 Å². The summed E-state index contributed by atoms with van der Waals surface area (Å²) in [5.74, 6) is 7.53. The number of hydrogen-bond acceptors (Lipinski definition) is 0. The predicted octanol–water partition coefficient (Wildman–Crippen LogP) is 23.9. The van der Waals surface area contributed by atoms with Gasteiger partial charge < -0.3 is 5.53 Å². The Morgan fingerprint density at radius 3 is 1.10 bits per heavy atom. The molecule has 0 aromatic heterocycles. The van der Waals surface area contributed by atoms with Crippen LogP contribution in [0.3, 0.4) is 0 Å². The fourth-order valence-electron chi connectivity index (χ4n) is 11.0. The number of rotatable bonds is 48. The molecule has 0 bridgehead atoms. The number of unbranched alkanes of at least 4 members (excludes halogenated alkanes) is 36. The Morgan fingerprint density at radius 1 is 0.356 bits per heavy atom. The standard InChI is InChI=1S/C71H114N2/c1-5-9-13-17-21-24-25-26-27-28-29-30-31-32-33-34-35-36-37-40-43-47-51-63-69-68(62-50-46-20-16-12-8-4)70(66-60-54-52-58-64(66)56-48-44-41-38-22-18-14-10-6-2)73(72)71(69)67-61-55-53-59-65(67)57-49-45-42-39-23-19-15-11-7-3/h41-42,44-45,52-55,58-61H,5-40,43,46-50,56-57,62H2,1-4H3. The minimum absolute atomic E-state index is 0.899. The lowest BCUT2D eigenvalue weighted by Crippen LogP contribution is -2.06. The van der Waals surface area contributed by atoms with Crippen LogP contribution >= 0.6 is 0 Å². The minimum Gasteiger partial charge on any atom is -0.493 e. The van der Waals surface area contributed by atoms with E-state index in [0.29, 0.717) is 0 Å². The number of nitrogens with zero attached hydrogens (tertiary/aromatic N) is 2. The van der Waals surface area contributed by atoms with Gasteiger partial charge in [0.15, 0.2) is 0 Å². The summed E-state index contributed by atoms with van der Waals surface area (Å²) in [5, 5.41) is 0. The van der Waals surface area contributed by atoms with Crippen LogP contribution in [0.2, 0.25) is 0 Å². The van der Waals surface area contributed by atoms with Crippen LogP contribution in [-0.4, -0.2) is 4.70 Å². The van der Waals surface area contributed by atoms with Crippen molar-refractivity contribution in [1.82, 2.24) is 0 Å². The summed E-state index contributed by atoms with van der Waals surface area (Å²) in [5.41, 5.74) is 21.8. The molecule has 0 saturated carbocycles. The summed E-state index contributed by atoms with van der Waals surface area (Å²) in [7, 11) is 0. The molecule has 2 aromatic rings. The number of allylic oxidation sites excluding steroid dienone is 6. The van der Waals surface area contributed by atoms with Crippen molar-refractivity contribution in [3.8, 4) is 11.8 Å². The largest absolute Gasteiger partial charge is 0.493 e. The molecule has 2 nitrogen and oxygen atoms in total. The molecular weight excluding hydrogens is 881 g/mol. The molecule has 408 valence electrons. The lowest BCUT2D eigenvalue weighted by atomic mass is 9.91. The molecule has 0 N–H and O–H groups in total. The van der Waals surface area contributed by atoms with Gasteiger partial charge in [-0.3, -0.25) is 0 Å². The van der Waals surface area contributed by atoms with Crippen LogP contribution in [0, 0.1) is 11.8 Å². The molecule has 0 fully saturated rings. The Kier molecular flexibility index (Phi) is 40.2. The van der Waals surface area contributed by atoms with Crippen molar-refractivity contribution < 1.29 is 4.70 Å². The van der Waals surface area contributed by atoms with E-state index < -0.39 is 0 Å². The minimum atomic E-state index is 0.899. The Bertz CT molecular complexity index is 1860. The zero-order valence-corrected chi connectivity index (χ0v) is 48.6. The summed E-state index contributed by atoms with van der Waals surface area (Å²) < 4.78 is 1.59. The maximum atomic E-state index is 12.8. The average Bonchev–Trinajstić information content (AvgIpc) is 3.68. The molecule has 3 rings (SSSR count). The van der Waals surface area contributed by atoms with E-state index in [-0.39, 0.29) is 0 Å². The molecule has 0 atom stereocenters. The van der Waals surface area contributed by atoms with Gasteiger partial charge in [0.2, 0.25) is 11.4 Å². The van der Waals surface area contributed by atoms with Gasteiger partial charge in [0.1, 0.15) is 5.57 Å². The quantitative estimate of drug-likeness (QED) is 0.0273. The first-order chi connectivity index (χ1) is 36.2. The van der Waals surface area contributed by atoms with Crippen molar-refractivity contribution in [1.29, 1.82) is 0 Å². The van der Waals surface area contributed by atoms with E-state index in [1.807, 2.05) is 0 Å². The number of aryl methyl sites for hydroxylation is 2. The fraction of sp³-hybridized carbons (Fsp3) is 0.690. The first-order valence-electron chi connectivity index (χ1n) is 32.1. The molecule has 2 aromatic carbocycles. The van der Waals surface area contributed by atoms with E-state index in [1.165, 1.54) is 254 Å². The first-order valence-corrected chi connectivity index (χ1v) is 32.1. The third kappa shape index (κ3) is 29.4. The van der Waals surface area contributed by atoms with Crippen LogP contribution in [0.5, 0.6) is 0 Å². The second kappa shape index (κ2) is 45.9. The van der Waals surface area contributed by atoms with Gasteiger partial charge in [0, 0.05) is 17.6 Å². The van der Waals surface area contributed by atoms with E-state index >= 15 is 0 Å². The van der Waals surface area contributed by atoms with Gasteiger partial charge in [0.25, 0.3) is 0 Å². The molecule has 0 amide bonds. The molecule has 1 aliphatic heterocycles. The van der Waals surface area contributed by atoms with Gasteiger partial charge in [-0.05, 0) is 93.9 Å². The lowest BCUT2D eigenvalue weighted by molar-refractivity contribution is -0.345. The van der Waals surface area contributed by atoms with E-state index in [2.05, 4.69) is 112 Å².